The van der Waals surface area contributed by atoms with Gasteiger partial charge in [-0.25, -0.2) is 0 Å². The highest BCUT2D eigenvalue weighted by atomic mass is 15.3. The van der Waals surface area contributed by atoms with Gasteiger partial charge in [-0.2, -0.15) is 0 Å². The van der Waals surface area contributed by atoms with Crippen LogP contribution in [0.15, 0.2) is 0 Å². The molecule has 4 nitrogen and oxygen atoms in total. The highest BCUT2D eigenvalue weighted by Gasteiger charge is 2.49. The minimum Gasteiger partial charge on any atom is -0.329 e. The third-order valence-corrected chi connectivity index (χ3v) is 6.25. The summed E-state index contributed by atoms with van der Waals surface area (Å²) in [6.45, 7) is 9.83. The van der Waals surface area contributed by atoms with Crippen LogP contribution in [0.2, 0.25) is 0 Å². The predicted octanol–water partition coefficient (Wildman–Crippen LogP) is 0.190. The number of hydrogen-bond acceptors (Lipinski definition) is 4. The standard InChI is InChI=1S/C15H28N4/c16-12-15(4-6-17-5-3-13(15)11-17)19-9-7-18(8-10-19)14-1-2-14/h13-14H,1-12,16H2. The van der Waals surface area contributed by atoms with Gasteiger partial charge in [0.1, 0.15) is 0 Å². The van der Waals surface area contributed by atoms with E-state index >= 15 is 0 Å². The number of nitrogens with zero attached hydrogens (tertiary/aromatic N) is 3. The van der Waals surface area contributed by atoms with Gasteiger partial charge in [0, 0.05) is 50.8 Å². The Morgan fingerprint density at radius 3 is 2.42 bits per heavy atom. The lowest BCUT2D eigenvalue weighted by Gasteiger charge is -2.52. The Kier molecular flexibility index (Phi) is 3.10. The van der Waals surface area contributed by atoms with Crippen LogP contribution in [0, 0.1) is 5.92 Å². The number of nitrogens with two attached hydrogens (primary N) is 1. The second-order valence-corrected chi connectivity index (χ2v) is 7.10. The van der Waals surface area contributed by atoms with Crippen molar-refractivity contribution in [2.45, 2.75) is 37.3 Å². The van der Waals surface area contributed by atoms with Crippen molar-refractivity contribution >= 4 is 0 Å². The van der Waals surface area contributed by atoms with E-state index in [0.717, 1.165) is 18.5 Å². The fourth-order valence-corrected chi connectivity index (χ4v) is 4.82. The lowest BCUT2D eigenvalue weighted by Crippen LogP contribution is -2.66. The monoisotopic (exact) mass is 264 g/mol. The van der Waals surface area contributed by atoms with Gasteiger partial charge in [-0.3, -0.25) is 9.80 Å². The van der Waals surface area contributed by atoms with Crippen LogP contribution >= 0.6 is 0 Å². The number of fused-ring (bicyclic) bond motifs is 2. The molecule has 3 unspecified atom stereocenters. The van der Waals surface area contributed by atoms with Crippen molar-refractivity contribution in [3.8, 4) is 0 Å². The molecule has 3 saturated heterocycles. The molecular weight excluding hydrogens is 236 g/mol. The number of hydrogen-bond donors (Lipinski definition) is 1. The van der Waals surface area contributed by atoms with Gasteiger partial charge in [-0.1, -0.05) is 0 Å². The van der Waals surface area contributed by atoms with Gasteiger partial charge in [0.05, 0.1) is 0 Å². The molecule has 4 fully saturated rings. The highest BCUT2D eigenvalue weighted by molar-refractivity contribution is 5.06. The number of rotatable bonds is 3. The second-order valence-electron chi connectivity index (χ2n) is 7.10. The molecule has 0 amide bonds. The molecule has 1 aliphatic carbocycles. The maximum atomic E-state index is 6.29. The first kappa shape index (κ1) is 12.6. The molecule has 3 aliphatic heterocycles. The van der Waals surface area contributed by atoms with Crippen LogP contribution in [0.1, 0.15) is 25.7 Å². The van der Waals surface area contributed by atoms with Crippen LogP contribution in [-0.4, -0.2) is 78.6 Å². The molecule has 3 atom stereocenters. The molecule has 4 heteroatoms. The fourth-order valence-electron chi connectivity index (χ4n) is 4.82. The molecule has 4 rings (SSSR count). The molecule has 0 aromatic rings. The minimum absolute atomic E-state index is 0.336. The third kappa shape index (κ3) is 2.04. The van der Waals surface area contributed by atoms with Crippen LogP contribution in [0.4, 0.5) is 0 Å². The largest absolute Gasteiger partial charge is 0.329 e. The Hall–Kier alpha value is -0.160. The first-order chi connectivity index (χ1) is 9.32. The summed E-state index contributed by atoms with van der Waals surface area (Å²) < 4.78 is 0. The zero-order chi connectivity index (χ0) is 12.9. The molecule has 0 spiro atoms. The predicted molar refractivity (Wildman–Crippen MR) is 77.1 cm³/mol. The molecular formula is C15H28N4. The SMILES string of the molecule is NCC1(N2CCN(C3CC3)CC2)CCN2CCC1C2. The van der Waals surface area contributed by atoms with Gasteiger partial charge in [0.25, 0.3) is 0 Å². The summed E-state index contributed by atoms with van der Waals surface area (Å²) in [6.07, 6.45) is 5.57. The van der Waals surface area contributed by atoms with Gasteiger partial charge in [-0.15, -0.1) is 0 Å². The van der Waals surface area contributed by atoms with Gasteiger partial charge < -0.3 is 10.6 Å². The van der Waals surface area contributed by atoms with E-state index in [9.17, 15) is 0 Å². The van der Waals surface area contributed by atoms with Crippen LogP contribution in [0.3, 0.4) is 0 Å². The van der Waals surface area contributed by atoms with E-state index in [1.54, 1.807) is 0 Å². The molecule has 108 valence electrons. The Bertz CT molecular complexity index is 335. The normalized spacial score (nSPS) is 44.7. The van der Waals surface area contributed by atoms with Crippen LogP contribution < -0.4 is 5.73 Å². The lowest BCUT2D eigenvalue weighted by molar-refractivity contribution is -0.0237. The minimum atomic E-state index is 0.336. The summed E-state index contributed by atoms with van der Waals surface area (Å²) in [6, 6.07) is 0.935. The zero-order valence-electron chi connectivity index (χ0n) is 12.1. The summed E-state index contributed by atoms with van der Waals surface area (Å²) in [5.74, 6) is 0.832. The first-order valence-electron chi connectivity index (χ1n) is 8.23. The van der Waals surface area contributed by atoms with Crippen molar-refractivity contribution in [1.82, 2.24) is 14.7 Å². The molecule has 2 bridgehead atoms. The fraction of sp³-hybridized carbons (Fsp3) is 1.00. The summed E-state index contributed by atoms with van der Waals surface area (Å²) in [4.78, 5) is 8.13. The maximum absolute atomic E-state index is 6.29. The van der Waals surface area contributed by atoms with E-state index in [1.165, 1.54) is 71.5 Å². The molecule has 0 aromatic heterocycles. The van der Waals surface area contributed by atoms with E-state index in [2.05, 4.69) is 14.7 Å². The Balaban J connectivity index is 1.46. The Morgan fingerprint density at radius 1 is 0.947 bits per heavy atom. The van der Waals surface area contributed by atoms with E-state index < -0.39 is 0 Å². The van der Waals surface area contributed by atoms with E-state index in [1.807, 2.05) is 0 Å². The van der Waals surface area contributed by atoms with Crippen molar-refractivity contribution in [3.05, 3.63) is 0 Å². The van der Waals surface area contributed by atoms with E-state index in [0.29, 0.717) is 5.54 Å². The second kappa shape index (κ2) is 4.69. The number of piperazine rings is 1. The molecule has 19 heavy (non-hydrogen) atoms. The smallest absolute Gasteiger partial charge is 0.0385 e. The quantitative estimate of drug-likeness (QED) is 0.789. The van der Waals surface area contributed by atoms with Crippen molar-refractivity contribution in [3.63, 3.8) is 0 Å². The van der Waals surface area contributed by atoms with E-state index in [4.69, 9.17) is 5.73 Å². The van der Waals surface area contributed by atoms with Gasteiger partial charge in [0.15, 0.2) is 0 Å². The molecule has 0 radical (unpaired) electrons. The van der Waals surface area contributed by atoms with Crippen molar-refractivity contribution in [1.29, 1.82) is 0 Å². The summed E-state index contributed by atoms with van der Waals surface area (Å²) in [7, 11) is 0. The zero-order valence-corrected chi connectivity index (χ0v) is 12.1. The molecule has 2 N–H and O–H groups in total. The Morgan fingerprint density at radius 2 is 1.74 bits per heavy atom. The third-order valence-electron chi connectivity index (χ3n) is 6.25. The van der Waals surface area contributed by atoms with Crippen molar-refractivity contribution in [2.24, 2.45) is 11.7 Å². The summed E-state index contributed by atoms with van der Waals surface area (Å²) in [5.41, 5.74) is 6.62. The average molecular weight is 264 g/mol. The summed E-state index contributed by atoms with van der Waals surface area (Å²) in [5, 5.41) is 0. The van der Waals surface area contributed by atoms with Crippen LogP contribution in [-0.2, 0) is 0 Å². The van der Waals surface area contributed by atoms with Crippen molar-refractivity contribution < 1.29 is 0 Å². The van der Waals surface area contributed by atoms with Gasteiger partial charge >= 0.3 is 0 Å². The van der Waals surface area contributed by atoms with Crippen LogP contribution in [0.5, 0.6) is 0 Å². The Labute approximate surface area is 116 Å². The van der Waals surface area contributed by atoms with Gasteiger partial charge in [0.2, 0.25) is 0 Å². The van der Waals surface area contributed by atoms with E-state index in [-0.39, 0.29) is 0 Å². The molecule has 4 aliphatic rings. The summed E-state index contributed by atoms with van der Waals surface area (Å²) >= 11 is 0. The highest BCUT2D eigenvalue weighted by Crippen LogP contribution is 2.40. The van der Waals surface area contributed by atoms with Crippen LogP contribution in [0.25, 0.3) is 0 Å². The number of piperidine rings is 1. The van der Waals surface area contributed by atoms with Gasteiger partial charge in [-0.05, 0) is 44.7 Å². The average Bonchev–Trinajstić information content (AvgIpc) is 3.24. The molecule has 3 heterocycles. The molecule has 1 saturated carbocycles. The maximum Gasteiger partial charge on any atom is 0.0385 e. The topological polar surface area (TPSA) is 35.7 Å². The van der Waals surface area contributed by atoms with Crippen molar-refractivity contribution in [2.75, 3.05) is 52.4 Å². The lowest BCUT2D eigenvalue weighted by atomic mass is 9.77. The first-order valence-corrected chi connectivity index (χ1v) is 8.23. The molecule has 0 aromatic carbocycles.